The number of nitriles is 1. The van der Waals surface area contributed by atoms with Crippen molar-refractivity contribution < 1.29 is 19.1 Å². The summed E-state index contributed by atoms with van der Waals surface area (Å²) in [7, 11) is 1.61. The van der Waals surface area contributed by atoms with E-state index in [1.54, 1.807) is 7.05 Å². The summed E-state index contributed by atoms with van der Waals surface area (Å²) in [6.45, 7) is 0. The number of carbonyl (C=O) groups excluding carboxylic acids is 1. The van der Waals surface area contributed by atoms with Crippen LogP contribution >= 0.6 is 23.1 Å². The zero-order valence-electron chi connectivity index (χ0n) is 13.1. The van der Waals surface area contributed by atoms with Crippen LogP contribution in [0.5, 0.6) is 5.95 Å². The lowest BCUT2D eigenvalue weighted by Gasteiger charge is -2.09. The number of nitrogens with one attached hydrogen (secondary N) is 1. The Labute approximate surface area is 147 Å². The maximum Gasteiger partial charge on any atom is 0.290 e. The van der Waals surface area contributed by atoms with Crippen molar-refractivity contribution in [3.05, 3.63) is 16.0 Å². The van der Waals surface area contributed by atoms with Crippen LogP contribution in [0.3, 0.4) is 0 Å². The van der Waals surface area contributed by atoms with Crippen molar-refractivity contribution in [2.45, 2.75) is 37.1 Å². The molecular formula is C15H16N4O3S2. The van der Waals surface area contributed by atoms with Gasteiger partial charge >= 0.3 is 0 Å². The predicted molar refractivity (Wildman–Crippen MR) is 86.8 cm³/mol. The Hall–Kier alpha value is -2.05. The number of thioether (sulfide) groups is 1. The fourth-order valence-corrected chi connectivity index (χ4v) is 4.77. The van der Waals surface area contributed by atoms with E-state index in [1.807, 2.05) is 0 Å². The Balaban J connectivity index is 1.59. The predicted octanol–water partition coefficient (Wildman–Crippen LogP) is 1.51. The van der Waals surface area contributed by atoms with Gasteiger partial charge in [-0.2, -0.15) is 5.26 Å². The lowest BCUT2D eigenvalue weighted by Crippen LogP contribution is -2.32. The number of fused-ring (bicyclic) bond motifs is 1. The molecule has 1 N–H and O–H groups in total. The van der Waals surface area contributed by atoms with Crippen molar-refractivity contribution in [2.24, 2.45) is 7.05 Å². The molecule has 0 aromatic carbocycles. The standard InChI is InChI=1S/C15H16N4O3S2/c1-19-14(15(21)22-18-19)23-7-6-12(20)17-13-10(8-16)9-4-2-3-5-11(9)24-13/h2-7H2,1H3,(H-,17,18,20,21). The zero-order chi connectivity index (χ0) is 17.1. The van der Waals surface area contributed by atoms with Gasteiger partial charge in [-0.1, -0.05) is 16.4 Å². The Morgan fingerprint density at radius 1 is 1.54 bits per heavy atom. The minimum absolute atomic E-state index is 0.163. The van der Waals surface area contributed by atoms with Crippen LogP contribution < -0.4 is 15.1 Å². The summed E-state index contributed by atoms with van der Waals surface area (Å²) >= 11 is 2.74. The van der Waals surface area contributed by atoms with Crippen LogP contribution in [-0.2, 0) is 24.7 Å². The highest BCUT2D eigenvalue weighted by Gasteiger charge is 2.22. The molecule has 1 aliphatic rings. The molecule has 126 valence electrons. The first-order valence-electron chi connectivity index (χ1n) is 7.60. The highest BCUT2D eigenvalue weighted by molar-refractivity contribution is 7.99. The molecule has 9 heteroatoms. The monoisotopic (exact) mass is 364 g/mol. The van der Waals surface area contributed by atoms with Crippen molar-refractivity contribution in [3.63, 3.8) is 0 Å². The first kappa shape index (κ1) is 16.8. The number of carbonyl (C=O) groups is 1. The molecule has 2 aromatic heterocycles. The molecule has 7 nitrogen and oxygen atoms in total. The summed E-state index contributed by atoms with van der Waals surface area (Å²) in [6, 6.07) is 2.23. The van der Waals surface area contributed by atoms with Crippen LogP contribution in [0.15, 0.2) is 9.55 Å². The third-order valence-corrected chi connectivity index (χ3v) is 6.14. The molecule has 0 unspecified atom stereocenters. The molecule has 3 rings (SSSR count). The summed E-state index contributed by atoms with van der Waals surface area (Å²) in [6.07, 6.45) is 4.36. The van der Waals surface area contributed by atoms with E-state index in [2.05, 4.69) is 21.2 Å². The summed E-state index contributed by atoms with van der Waals surface area (Å²) in [5.74, 6) is -0.229. The Morgan fingerprint density at radius 3 is 3.04 bits per heavy atom. The second-order valence-corrected chi connectivity index (χ2v) is 7.65. The topological polar surface area (TPSA) is 106 Å². The molecule has 0 atom stereocenters. The molecule has 0 bridgehead atoms. The van der Waals surface area contributed by atoms with Crippen LogP contribution in [0.4, 0.5) is 5.00 Å². The average molecular weight is 364 g/mol. The van der Waals surface area contributed by atoms with E-state index in [0.717, 1.165) is 31.2 Å². The lowest BCUT2D eigenvalue weighted by atomic mass is 9.96. The van der Waals surface area contributed by atoms with E-state index in [1.165, 1.54) is 32.7 Å². The number of aromatic nitrogens is 2. The second kappa shape index (κ2) is 7.23. The second-order valence-electron chi connectivity index (χ2n) is 5.46. The summed E-state index contributed by atoms with van der Waals surface area (Å²) in [5.41, 5.74) is 1.72. The van der Waals surface area contributed by atoms with E-state index in [4.69, 9.17) is 0 Å². The molecule has 0 aliphatic heterocycles. The lowest BCUT2D eigenvalue weighted by molar-refractivity contribution is -0.772. The molecule has 1 aliphatic carbocycles. The zero-order valence-corrected chi connectivity index (χ0v) is 14.8. The maximum atomic E-state index is 12.1. The van der Waals surface area contributed by atoms with Crippen molar-refractivity contribution in [1.29, 1.82) is 5.26 Å². The number of amides is 1. The largest absolute Gasteiger partial charge is 0.538 e. The smallest absolute Gasteiger partial charge is 0.290 e. The molecule has 0 radical (unpaired) electrons. The SMILES string of the molecule is C[n+]1noc([O-])c1SCCC(=O)Nc1sc2c(c1C#N)CCCC2. The Bertz CT molecular complexity index is 787. The van der Waals surface area contributed by atoms with Gasteiger partial charge in [0.05, 0.1) is 10.8 Å². The van der Waals surface area contributed by atoms with Gasteiger partial charge in [-0.3, -0.25) is 4.79 Å². The van der Waals surface area contributed by atoms with Crippen molar-refractivity contribution in [3.8, 4) is 12.0 Å². The molecule has 1 amide bonds. The summed E-state index contributed by atoms with van der Waals surface area (Å²) in [5, 5.41) is 28.2. The van der Waals surface area contributed by atoms with Crippen molar-refractivity contribution >= 4 is 34.0 Å². The number of anilines is 1. The third kappa shape index (κ3) is 3.39. The minimum atomic E-state index is -0.499. The van der Waals surface area contributed by atoms with Gasteiger partial charge in [-0.05, 0) is 31.2 Å². The number of rotatable bonds is 5. The average Bonchev–Trinajstić information content (AvgIpc) is 3.08. The quantitative estimate of drug-likeness (QED) is 0.637. The third-order valence-electron chi connectivity index (χ3n) is 3.82. The number of hydrogen-bond acceptors (Lipinski definition) is 7. The minimum Gasteiger partial charge on any atom is -0.538 e. The molecule has 2 heterocycles. The fraction of sp³-hybridized carbons (Fsp3) is 0.467. The number of thiophene rings is 1. The Kier molecular flexibility index (Phi) is 5.06. The molecule has 24 heavy (non-hydrogen) atoms. The molecular weight excluding hydrogens is 348 g/mol. The van der Waals surface area contributed by atoms with E-state index in [0.29, 0.717) is 21.3 Å². The van der Waals surface area contributed by atoms with Crippen LogP contribution in [0, 0.1) is 11.3 Å². The van der Waals surface area contributed by atoms with Crippen LogP contribution in [0.1, 0.15) is 35.3 Å². The summed E-state index contributed by atoms with van der Waals surface area (Å²) < 4.78 is 5.88. The van der Waals surface area contributed by atoms with Gasteiger partial charge in [0.1, 0.15) is 11.1 Å². The van der Waals surface area contributed by atoms with E-state index in [9.17, 15) is 15.2 Å². The van der Waals surface area contributed by atoms with Gasteiger partial charge < -0.3 is 14.9 Å². The van der Waals surface area contributed by atoms with Gasteiger partial charge in [0.25, 0.3) is 5.03 Å². The Morgan fingerprint density at radius 2 is 2.33 bits per heavy atom. The highest BCUT2D eigenvalue weighted by Crippen LogP contribution is 2.37. The molecule has 0 saturated carbocycles. The van der Waals surface area contributed by atoms with Crippen LogP contribution in [0.25, 0.3) is 0 Å². The number of nitrogens with zero attached hydrogens (tertiary/aromatic N) is 3. The van der Waals surface area contributed by atoms with E-state index < -0.39 is 5.95 Å². The van der Waals surface area contributed by atoms with Crippen LogP contribution in [-0.4, -0.2) is 16.9 Å². The first-order chi connectivity index (χ1) is 11.6. The van der Waals surface area contributed by atoms with Gasteiger partial charge in [-0.25, -0.2) is 0 Å². The number of hydrogen-bond donors (Lipinski definition) is 1. The van der Waals surface area contributed by atoms with Gasteiger partial charge in [0.2, 0.25) is 5.91 Å². The first-order valence-corrected chi connectivity index (χ1v) is 9.40. The molecule has 0 fully saturated rings. The van der Waals surface area contributed by atoms with Gasteiger partial charge in [0.15, 0.2) is 13.0 Å². The fourth-order valence-electron chi connectivity index (χ4n) is 2.66. The molecule has 0 spiro atoms. The van der Waals surface area contributed by atoms with E-state index >= 15 is 0 Å². The van der Waals surface area contributed by atoms with Crippen molar-refractivity contribution in [1.82, 2.24) is 5.27 Å². The molecule has 0 saturated heterocycles. The number of aryl methyl sites for hydroxylation is 2. The maximum absolute atomic E-state index is 12.1. The highest BCUT2D eigenvalue weighted by atomic mass is 32.2. The summed E-state index contributed by atoms with van der Waals surface area (Å²) in [4.78, 5) is 13.4. The normalized spacial score (nSPS) is 13.3. The van der Waals surface area contributed by atoms with E-state index in [-0.39, 0.29) is 12.3 Å². The van der Waals surface area contributed by atoms with Gasteiger partial charge in [0, 0.05) is 17.1 Å². The van der Waals surface area contributed by atoms with Gasteiger partial charge in [-0.15, -0.1) is 11.3 Å². The van der Waals surface area contributed by atoms with Crippen molar-refractivity contribution in [2.75, 3.05) is 11.1 Å². The van der Waals surface area contributed by atoms with Crippen LogP contribution in [0.2, 0.25) is 0 Å². The molecule has 2 aromatic rings.